The molecule has 82 valence electrons. The van der Waals surface area contributed by atoms with Crippen LogP contribution in [0.4, 0.5) is 0 Å². The van der Waals surface area contributed by atoms with Crippen LogP contribution in [0.3, 0.4) is 0 Å². The quantitative estimate of drug-likeness (QED) is 0.533. The van der Waals surface area contributed by atoms with Crippen molar-refractivity contribution in [1.82, 2.24) is 0 Å². The SMILES string of the molecule is NOC(=O)C(N)CC1C=CC(O)=CC1=O. The first-order valence-electron chi connectivity index (χ1n) is 4.33. The van der Waals surface area contributed by atoms with Crippen molar-refractivity contribution in [3.05, 3.63) is 24.0 Å². The molecule has 15 heavy (non-hydrogen) atoms. The van der Waals surface area contributed by atoms with Crippen LogP contribution in [0.15, 0.2) is 24.0 Å². The molecule has 1 aliphatic rings. The van der Waals surface area contributed by atoms with Crippen LogP contribution >= 0.6 is 0 Å². The molecular weight excluding hydrogens is 200 g/mol. The summed E-state index contributed by atoms with van der Waals surface area (Å²) in [6.45, 7) is 0. The molecule has 0 radical (unpaired) electrons. The van der Waals surface area contributed by atoms with Gasteiger partial charge >= 0.3 is 5.97 Å². The van der Waals surface area contributed by atoms with E-state index in [4.69, 9.17) is 10.8 Å². The molecule has 1 rings (SSSR count). The molecule has 0 bridgehead atoms. The highest BCUT2D eigenvalue weighted by Crippen LogP contribution is 2.16. The van der Waals surface area contributed by atoms with Gasteiger partial charge in [-0.2, -0.15) is 5.90 Å². The molecule has 2 atom stereocenters. The Bertz CT molecular complexity index is 335. The highest BCUT2D eigenvalue weighted by molar-refractivity contribution is 5.95. The van der Waals surface area contributed by atoms with Gasteiger partial charge in [0.1, 0.15) is 11.8 Å². The second-order valence-corrected chi connectivity index (χ2v) is 3.22. The van der Waals surface area contributed by atoms with Gasteiger partial charge in [-0.05, 0) is 12.5 Å². The third-order valence-corrected chi connectivity index (χ3v) is 2.08. The summed E-state index contributed by atoms with van der Waals surface area (Å²) in [5.74, 6) is 2.96. The number of aliphatic hydroxyl groups is 1. The Hall–Kier alpha value is -1.66. The van der Waals surface area contributed by atoms with Gasteiger partial charge in [-0.25, -0.2) is 4.79 Å². The van der Waals surface area contributed by atoms with Crippen LogP contribution in [0.1, 0.15) is 6.42 Å². The summed E-state index contributed by atoms with van der Waals surface area (Å²) in [5.41, 5.74) is 5.43. The summed E-state index contributed by atoms with van der Waals surface area (Å²) >= 11 is 0. The highest BCUT2D eigenvalue weighted by atomic mass is 16.7. The van der Waals surface area contributed by atoms with E-state index in [1.54, 1.807) is 0 Å². The number of aliphatic hydroxyl groups excluding tert-OH is 1. The summed E-state index contributed by atoms with van der Waals surface area (Å²) in [7, 11) is 0. The number of rotatable bonds is 3. The minimum Gasteiger partial charge on any atom is -0.508 e. The van der Waals surface area contributed by atoms with E-state index in [-0.39, 0.29) is 18.0 Å². The topological polar surface area (TPSA) is 116 Å². The second kappa shape index (κ2) is 4.72. The molecule has 0 fully saturated rings. The molecule has 6 nitrogen and oxygen atoms in total. The van der Waals surface area contributed by atoms with E-state index in [1.165, 1.54) is 12.2 Å². The number of allylic oxidation sites excluding steroid dienone is 3. The Morgan fingerprint density at radius 2 is 2.33 bits per heavy atom. The molecule has 0 saturated heterocycles. The van der Waals surface area contributed by atoms with Crippen molar-refractivity contribution in [3.8, 4) is 0 Å². The molecule has 0 heterocycles. The normalized spacial score (nSPS) is 22.1. The Labute approximate surface area is 86.1 Å². The van der Waals surface area contributed by atoms with Crippen molar-refractivity contribution in [3.63, 3.8) is 0 Å². The van der Waals surface area contributed by atoms with Gasteiger partial charge in [0.2, 0.25) is 0 Å². The number of hydrogen-bond donors (Lipinski definition) is 3. The first-order chi connectivity index (χ1) is 7.04. The van der Waals surface area contributed by atoms with Crippen LogP contribution in [0.5, 0.6) is 0 Å². The van der Waals surface area contributed by atoms with Crippen LogP contribution in [-0.4, -0.2) is 22.9 Å². The monoisotopic (exact) mass is 212 g/mol. The Morgan fingerprint density at radius 1 is 1.67 bits per heavy atom. The Morgan fingerprint density at radius 3 is 2.87 bits per heavy atom. The van der Waals surface area contributed by atoms with Gasteiger partial charge in [0.05, 0.1) is 0 Å². The van der Waals surface area contributed by atoms with Gasteiger partial charge in [0.25, 0.3) is 0 Å². The number of nitrogens with two attached hydrogens (primary N) is 2. The van der Waals surface area contributed by atoms with E-state index in [9.17, 15) is 9.59 Å². The molecule has 0 amide bonds. The molecule has 0 saturated carbocycles. The van der Waals surface area contributed by atoms with Gasteiger partial charge in [-0.1, -0.05) is 6.08 Å². The summed E-state index contributed by atoms with van der Waals surface area (Å²) in [4.78, 5) is 26.2. The maximum atomic E-state index is 11.3. The van der Waals surface area contributed by atoms with E-state index >= 15 is 0 Å². The lowest BCUT2D eigenvalue weighted by molar-refractivity contribution is -0.146. The molecular formula is C9H12N2O4. The van der Waals surface area contributed by atoms with Crippen molar-refractivity contribution < 1.29 is 19.5 Å². The molecule has 0 spiro atoms. The lowest BCUT2D eigenvalue weighted by Crippen LogP contribution is -2.37. The molecule has 0 aromatic carbocycles. The zero-order valence-electron chi connectivity index (χ0n) is 7.92. The fourth-order valence-electron chi connectivity index (χ4n) is 1.26. The van der Waals surface area contributed by atoms with Crippen molar-refractivity contribution in [2.75, 3.05) is 0 Å². The molecule has 1 aliphatic carbocycles. The Kier molecular flexibility index (Phi) is 3.59. The van der Waals surface area contributed by atoms with Crippen molar-refractivity contribution in [1.29, 1.82) is 0 Å². The molecule has 0 aromatic heterocycles. The molecule has 2 unspecified atom stereocenters. The van der Waals surface area contributed by atoms with E-state index in [0.29, 0.717) is 0 Å². The predicted molar refractivity (Wildman–Crippen MR) is 51.2 cm³/mol. The van der Waals surface area contributed by atoms with Crippen molar-refractivity contribution >= 4 is 11.8 Å². The third-order valence-electron chi connectivity index (χ3n) is 2.08. The van der Waals surface area contributed by atoms with Crippen LogP contribution < -0.4 is 11.6 Å². The van der Waals surface area contributed by atoms with Gasteiger partial charge < -0.3 is 15.7 Å². The van der Waals surface area contributed by atoms with Crippen LogP contribution in [0.2, 0.25) is 0 Å². The van der Waals surface area contributed by atoms with Crippen molar-refractivity contribution in [2.24, 2.45) is 17.5 Å². The summed E-state index contributed by atoms with van der Waals surface area (Å²) in [5, 5.41) is 9.00. The maximum Gasteiger partial charge on any atom is 0.341 e. The smallest absolute Gasteiger partial charge is 0.341 e. The van der Waals surface area contributed by atoms with Crippen LogP contribution in [0, 0.1) is 5.92 Å². The molecule has 0 aliphatic heterocycles. The summed E-state index contributed by atoms with van der Waals surface area (Å²) in [6, 6.07) is -0.942. The lowest BCUT2D eigenvalue weighted by atomic mass is 9.92. The number of carbonyl (C=O) groups excluding carboxylic acids is 2. The van der Waals surface area contributed by atoms with Crippen molar-refractivity contribution in [2.45, 2.75) is 12.5 Å². The first-order valence-corrected chi connectivity index (χ1v) is 4.33. The van der Waals surface area contributed by atoms with E-state index in [2.05, 4.69) is 10.7 Å². The van der Waals surface area contributed by atoms with E-state index < -0.39 is 17.9 Å². The minimum atomic E-state index is -0.942. The van der Waals surface area contributed by atoms with Crippen LogP contribution in [-0.2, 0) is 14.4 Å². The first kappa shape index (κ1) is 11.4. The van der Waals surface area contributed by atoms with Gasteiger partial charge in [0.15, 0.2) is 5.78 Å². The largest absolute Gasteiger partial charge is 0.508 e. The maximum absolute atomic E-state index is 11.3. The zero-order chi connectivity index (χ0) is 11.4. The van der Waals surface area contributed by atoms with E-state index in [1.807, 2.05) is 0 Å². The molecule has 6 heteroatoms. The summed E-state index contributed by atoms with van der Waals surface area (Å²) < 4.78 is 0. The zero-order valence-corrected chi connectivity index (χ0v) is 7.92. The minimum absolute atomic E-state index is 0.105. The average Bonchev–Trinajstić information content (AvgIpc) is 2.20. The van der Waals surface area contributed by atoms with Crippen LogP contribution in [0.25, 0.3) is 0 Å². The standard InChI is InChI=1S/C9H12N2O4/c10-7(9(14)15-11)3-5-1-2-6(12)4-8(5)13/h1-2,4-5,7,12H,3,10-11H2. The van der Waals surface area contributed by atoms with Gasteiger partial charge in [0, 0.05) is 12.0 Å². The second-order valence-electron chi connectivity index (χ2n) is 3.22. The third kappa shape index (κ3) is 2.90. The average molecular weight is 212 g/mol. The van der Waals surface area contributed by atoms with E-state index in [0.717, 1.165) is 6.08 Å². The van der Waals surface area contributed by atoms with Gasteiger partial charge in [-0.15, -0.1) is 0 Å². The number of carbonyl (C=O) groups is 2. The number of hydrogen-bond acceptors (Lipinski definition) is 6. The molecule has 5 N–H and O–H groups in total. The summed E-state index contributed by atoms with van der Waals surface area (Å²) in [6.07, 6.45) is 4.06. The fraction of sp³-hybridized carbons (Fsp3) is 0.333. The fourth-order valence-corrected chi connectivity index (χ4v) is 1.26. The highest BCUT2D eigenvalue weighted by Gasteiger charge is 2.24. The molecule has 0 aromatic rings. The van der Waals surface area contributed by atoms with Gasteiger partial charge in [-0.3, -0.25) is 4.79 Å². The predicted octanol–water partition coefficient (Wildman–Crippen LogP) is -0.682. The number of ketones is 1. The lowest BCUT2D eigenvalue weighted by Gasteiger charge is -2.15. The Balaban J connectivity index is 2.58.